The van der Waals surface area contributed by atoms with Crippen molar-refractivity contribution in [3.05, 3.63) is 47.0 Å². The van der Waals surface area contributed by atoms with Crippen LogP contribution in [0.3, 0.4) is 0 Å². The number of benzene rings is 2. The second-order valence-corrected chi connectivity index (χ2v) is 7.52. The monoisotopic (exact) mass is 499 g/mol. The standard InChI is InChI=1S/C21H17ClF3N3O6/c1-27-18(30)16(19(31)28(2)20(27)32)17(29)26-11-5-7-14(33-3)15(9-11)34-13-6-4-10(8-12(13)22)21(23,24)25/h4-9,16H,1-3H3,(H,26,29). The van der Waals surface area contributed by atoms with E-state index >= 15 is 0 Å². The molecule has 0 unspecified atom stereocenters. The Morgan fingerprint density at radius 2 is 1.56 bits per heavy atom. The van der Waals surface area contributed by atoms with Gasteiger partial charge < -0.3 is 14.8 Å². The van der Waals surface area contributed by atoms with E-state index in [1.807, 2.05) is 0 Å². The Balaban J connectivity index is 1.86. The highest BCUT2D eigenvalue weighted by Crippen LogP contribution is 2.39. The van der Waals surface area contributed by atoms with Gasteiger partial charge in [0.05, 0.1) is 17.7 Å². The number of anilines is 1. The number of amides is 5. The average Bonchev–Trinajstić information content (AvgIpc) is 2.77. The van der Waals surface area contributed by atoms with Crippen LogP contribution in [0.1, 0.15) is 5.56 Å². The van der Waals surface area contributed by atoms with Crippen molar-refractivity contribution in [3.8, 4) is 17.2 Å². The van der Waals surface area contributed by atoms with E-state index in [0.717, 1.165) is 26.2 Å². The van der Waals surface area contributed by atoms with Gasteiger partial charge in [0, 0.05) is 25.8 Å². The molecule has 2 aromatic carbocycles. The average molecular weight is 500 g/mol. The molecule has 1 aliphatic heterocycles. The number of nitrogens with zero attached hydrogens (tertiary/aromatic N) is 2. The lowest BCUT2D eigenvalue weighted by Gasteiger charge is -2.32. The van der Waals surface area contributed by atoms with Gasteiger partial charge in [-0.2, -0.15) is 13.2 Å². The maximum Gasteiger partial charge on any atom is 0.416 e. The lowest BCUT2D eigenvalue weighted by atomic mass is 10.0. The minimum Gasteiger partial charge on any atom is -0.493 e. The molecule has 34 heavy (non-hydrogen) atoms. The molecule has 0 aliphatic carbocycles. The van der Waals surface area contributed by atoms with E-state index in [1.54, 1.807) is 0 Å². The molecule has 1 heterocycles. The quantitative estimate of drug-likeness (QED) is 0.628. The van der Waals surface area contributed by atoms with E-state index < -0.39 is 41.4 Å². The van der Waals surface area contributed by atoms with Crippen molar-refractivity contribution in [2.75, 3.05) is 26.5 Å². The SMILES string of the molecule is COc1ccc(NC(=O)C2C(=O)N(C)C(=O)N(C)C2=O)cc1Oc1ccc(C(F)(F)F)cc1Cl. The zero-order chi connectivity index (χ0) is 25.4. The molecule has 0 saturated carbocycles. The van der Waals surface area contributed by atoms with Crippen molar-refractivity contribution in [1.82, 2.24) is 9.80 Å². The maximum absolute atomic E-state index is 12.9. The van der Waals surface area contributed by atoms with Crippen LogP contribution in [0.2, 0.25) is 5.02 Å². The number of halogens is 4. The first-order chi connectivity index (χ1) is 15.8. The van der Waals surface area contributed by atoms with Crippen molar-refractivity contribution in [2.45, 2.75) is 6.18 Å². The van der Waals surface area contributed by atoms with Crippen molar-refractivity contribution in [1.29, 1.82) is 0 Å². The number of nitrogens with one attached hydrogen (secondary N) is 1. The van der Waals surface area contributed by atoms with Gasteiger partial charge in [-0.1, -0.05) is 11.6 Å². The molecule has 0 aromatic heterocycles. The molecule has 0 atom stereocenters. The van der Waals surface area contributed by atoms with Gasteiger partial charge >= 0.3 is 12.2 Å². The van der Waals surface area contributed by atoms with Crippen LogP contribution in [-0.4, -0.2) is 54.8 Å². The predicted molar refractivity (Wildman–Crippen MR) is 113 cm³/mol. The summed E-state index contributed by atoms with van der Waals surface area (Å²) in [6.07, 6.45) is -4.59. The normalized spacial score (nSPS) is 15.0. The molecule has 1 saturated heterocycles. The Kier molecular flexibility index (Phi) is 6.73. The number of carbonyl (C=O) groups excluding carboxylic acids is 4. The third kappa shape index (κ3) is 4.76. The molecule has 0 spiro atoms. The van der Waals surface area contributed by atoms with Gasteiger partial charge in [-0.05, 0) is 30.3 Å². The molecule has 5 amide bonds. The number of ether oxygens (including phenoxy) is 2. The minimum atomic E-state index is -4.59. The largest absolute Gasteiger partial charge is 0.493 e. The summed E-state index contributed by atoms with van der Waals surface area (Å²) in [4.78, 5) is 50.5. The molecule has 13 heteroatoms. The first-order valence-corrected chi connectivity index (χ1v) is 9.85. The molecule has 0 bridgehead atoms. The number of urea groups is 1. The van der Waals surface area contributed by atoms with Crippen molar-refractivity contribution >= 4 is 41.0 Å². The first-order valence-electron chi connectivity index (χ1n) is 9.47. The predicted octanol–water partition coefficient (Wildman–Crippen LogP) is 3.76. The Morgan fingerprint density at radius 1 is 0.971 bits per heavy atom. The zero-order valence-corrected chi connectivity index (χ0v) is 18.7. The van der Waals surface area contributed by atoms with Crippen LogP contribution >= 0.6 is 11.6 Å². The number of hydrogen-bond acceptors (Lipinski definition) is 6. The van der Waals surface area contributed by atoms with Crippen LogP contribution in [0.5, 0.6) is 17.2 Å². The highest BCUT2D eigenvalue weighted by Gasteiger charge is 2.46. The molecule has 0 radical (unpaired) electrons. The van der Waals surface area contributed by atoms with Gasteiger partial charge in [-0.25, -0.2) is 4.79 Å². The second-order valence-electron chi connectivity index (χ2n) is 7.11. The number of carbonyl (C=O) groups is 4. The number of hydrogen-bond donors (Lipinski definition) is 1. The van der Waals surface area contributed by atoms with E-state index in [2.05, 4.69) is 5.32 Å². The van der Waals surface area contributed by atoms with Crippen LogP contribution in [0, 0.1) is 5.92 Å². The van der Waals surface area contributed by atoms with E-state index in [0.29, 0.717) is 15.9 Å². The number of barbiturate groups is 1. The third-order valence-corrected chi connectivity index (χ3v) is 5.20. The summed E-state index contributed by atoms with van der Waals surface area (Å²) in [7, 11) is 3.60. The van der Waals surface area contributed by atoms with Gasteiger partial charge in [0.25, 0.3) is 11.8 Å². The summed E-state index contributed by atoms with van der Waals surface area (Å²) in [5.74, 6) is -4.75. The highest BCUT2D eigenvalue weighted by atomic mass is 35.5. The molecule has 1 N–H and O–H groups in total. The fourth-order valence-electron chi connectivity index (χ4n) is 3.06. The van der Waals surface area contributed by atoms with Crippen LogP contribution in [0.25, 0.3) is 0 Å². The third-order valence-electron chi connectivity index (χ3n) is 4.90. The Hall–Kier alpha value is -3.80. The van der Waals surface area contributed by atoms with Gasteiger partial charge in [-0.15, -0.1) is 0 Å². The zero-order valence-electron chi connectivity index (χ0n) is 17.9. The fourth-order valence-corrected chi connectivity index (χ4v) is 3.28. The molecule has 180 valence electrons. The summed E-state index contributed by atoms with van der Waals surface area (Å²) in [5, 5.41) is 2.07. The number of imide groups is 2. The van der Waals surface area contributed by atoms with Crippen molar-refractivity contribution in [3.63, 3.8) is 0 Å². The number of rotatable bonds is 5. The summed E-state index contributed by atoms with van der Waals surface area (Å²) in [6.45, 7) is 0. The van der Waals surface area contributed by atoms with E-state index in [1.165, 1.54) is 25.3 Å². The maximum atomic E-state index is 12.9. The van der Waals surface area contributed by atoms with Gasteiger partial charge in [0.1, 0.15) is 5.75 Å². The Labute approximate surface area is 196 Å². The fraction of sp³-hybridized carbons (Fsp3) is 0.238. The summed E-state index contributed by atoms with van der Waals surface area (Å²) < 4.78 is 49.3. The molecular formula is C21H17ClF3N3O6. The number of alkyl halides is 3. The van der Waals surface area contributed by atoms with Gasteiger partial charge in [0.15, 0.2) is 17.4 Å². The summed E-state index contributed by atoms with van der Waals surface area (Å²) >= 11 is 5.93. The molecule has 1 aliphatic rings. The van der Waals surface area contributed by atoms with E-state index in [-0.39, 0.29) is 28.0 Å². The van der Waals surface area contributed by atoms with Crippen LogP contribution < -0.4 is 14.8 Å². The molecular weight excluding hydrogens is 483 g/mol. The lowest BCUT2D eigenvalue weighted by Crippen LogP contribution is -2.59. The van der Waals surface area contributed by atoms with Crippen LogP contribution in [0.15, 0.2) is 36.4 Å². The van der Waals surface area contributed by atoms with Crippen LogP contribution in [-0.2, 0) is 20.6 Å². The lowest BCUT2D eigenvalue weighted by molar-refractivity contribution is -0.151. The van der Waals surface area contributed by atoms with Gasteiger partial charge in [-0.3, -0.25) is 24.2 Å². The van der Waals surface area contributed by atoms with E-state index in [9.17, 15) is 32.3 Å². The molecule has 1 fully saturated rings. The Bertz CT molecular complexity index is 1160. The molecule has 9 nitrogen and oxygen atoms in total. The number of methoxy groups -OCH3 is 1. The van der Waals surface area contributed by atoms with Crippen molar-refractivity contribution < 1.29 is 41.8 Å². The van der Waals surface area contributed by atoms with Crippen molar-refractivity contribution in [2.24, 2.45) is 5.92 Å². The van der Waals surface area contributed by atoms with Crippen LogP contribution in [0.4, 0.5) is 23.7 Å². The smallest absolute Gasteiger partial charge is 0.416 e. The first kappa shape index (κ1) is 24.8. The molecule has 3 rings (SSSR count). The topological polar surface area (TPSA) is 105 Å². The summed E-state index contributed by atoms with van der Waals surface area (Å²) in [5.41, 5.74) is -0.889. The van der Waals surface area contributed by atoms with E-state index in [4.69, 9.17) is 21.1 Å². The summed E-state index contributed by atoms with van der Waals surface area (Å²) in [6, 6.07) is 5.67. The minimum absolute atomic E-state index is 0.0207. The highest BCUT2D eigenvalue weighted by molar-refractivity contribution is 6.32. The van der Waals surface area contributed by atoms with Gasteiger partial charge in [0.2, 0.25) is 5.91 Å². The second kappa shape index (κ2) is 9.21. The Morgan fingerprint density at radius 3 is 2.09 bits per heavy atom. The molecule has 2 aromatic rings.